The molecular weight excluding hydrogens is 377 g/mol. The molecule has 1 aromatic heterocycles. The maximum Gasteiger partial charge on any atom is 0.325 e. The summed E-state index contributed by atoms with van der Waals surface area (Å²) in [7, 11) is 0. The van der Waals surface area contributed by atoms with Crippen LogP contribution in [0.5, 0.6) is 5.75 Å². The molecule has 1 aromatic carbocycles. The highest BCUT2D eigenvalue weighted by atomic mass is 127. The molecule has 3 N–H and O–H groups in total. The van der Waals surface area contributed by atoms with Crippen molar-refractivity contribution in [3.63, 3.8) is 0 Å². The molecule has 104 valence electrons. The zero-order valence-electron chi connectivity index (χ0n) is 10.1. The number of hydrogen-bond donors (Lipinski definition) is 3. The summed E-state index contributed by atoms with van der Waals surface area (Å²) in [6.45, 7) is -0.287. The van der Waals surface area contributed by atoms with E-state index < -0.39 is 11.9 Å². The summed E-state index contributed by atoms with van der Waals surface area (Å²) >= 11 is 2.03. The van der Waals surface area contributed by atoms with Gasteiger partial charge in [0.25, 0.3) is 5.91 Å². The summed E-state index contributed by atoms with van der Waals surface area (Å²) in [5, 5.41) is 24.6. The Hall–Kier alpha value is -2.10. The van der Waals surface area contributed by atoms with Gasteiger partial charge in [0.05, 0.1) is 17.4 Å². The van der Waals surface area contributed by atoms with Crippen LogP contribution in [0.2, 0.25) is 0 Å². The Balaban J connectivity index is 2.13. The molecule has 20 heavy (non-hydrogen) atoms. The Morgan fingerprint density at radius 1 is 1.40 bits per heavy atom. The fraction of sp³-hybridized carbons (Fsp3) is 0.0833. The van der Waals surface area contributed by atoms with Crippen LogP contribution in [-0.4, -0.2) is 31.9 Å². The number of carboxylic acids is 1. The highest BCUT2D eigenvalue weighted by Gasteiger charge is 2.13. The molecule has 0 saturated heterocycles. The Morgan fingerprint density at radius 3 is 2.85 bits per heavy atom. The minimum absolute atomic E-state index is 0.124. The Labute approximate surface area is 127 Å². The third kappa shape index (κ3) is 3.47. The van der Waals surface area contributed by atoms with Gasteiger partial charge < -0.3 is 15.5 Å². The van der Waals surface area contributed by atoms with E-state index in [9.17, 15) is 14.7 Å². The van der Waals surface area contributed by atoms with Crippen LogP contribution >= 0.6 is 22.6 Å². The van der Waals surface area contributed by atoms with Gasteiger partial charge in [0.15, 0.2) is 0 Å². The molecule has 0 spiro atoms. The van der Waals surface area contributed by atoms with Crippen molar-refractivity contribution in [3.8, 4) is 5.75 Å². The van der Waals surface area contributed by atoms with E-state index >= 15 is 0 Å². The monoisotopic (exact) mass is 387 g/mol. The van der Waals surface area contributed by atoms with E-state index in [1.165, 1.54) is 23.1 Å². The van der Waals surface area contributed by atoms with Crippen molar-refractivity contribution in [3.05, 3.63) is 39.7 Å². The molecule has 0 bridgehead atoms. The number of rotatable bonds is 4. The molecule has 7 nitrogen and oxygen atoms in total. The van der Waals surface area contributed by atoms with Crippen LogP contribution in [0.3, 0.4) is 0 Å². The van der Waals surface area contributed by atoms with Gasteiger partial charge in [0.1, 0.15) is 12.3 Å². The number of aromatic nitrogens is 2. The van der Waals surface area contributed by atoms with Crippen LogP contribution in [0.1, 0.15) is 10.4 Å². The van der Waals surface area contributed by atoms with Gasteiger partial charge in [-0.05, 0) is 40.8 Å². The molecule has 0 aliphatic rings. The number of halogens is 1. The van der Waals surface area contributed by atoms with Crippen LogP contribution in [0.15, 0.2) is 30.6 Å². The quantitative estimate of drug-likeness (QED) is 0.691. The number of carbonyl (C=O) groups excluding carboxylic acids is 1. The summed E-state index contributed by atoms with van der Waals surface area (Å²) in [6.07, 6.45) is 2.74. The summed E-state index contributed by atoms with van der Waals surface area (Å²) in [6, 6.07) is 4.66. The van der Waals surface area contributed by atoms with E-state index in [0.29, 0.717) is 5.69 Å². The molecule has 0 aliphatic carbocycles. The van der Waals surface area contributed by atoms with Crippen LogP contribution < -0.4 is 5.32 Å². The molecular formula is C12H10IN3O4. The third-order valence-electron chi connectivity index (χ3n) is 2.39. The molecule has 0 radical (unpaired) electrons. The number of benzene rings is 1. The predicted molar refractivity (Wildman–Crippen MR) is 78.6 cm³/mol. The molecule has 2 rings (SSSR count). The average molecular weight is 387 g/mol. The summed E-state index contributed by atoms with van der Waals surface area (Å²) in [5.41, 5.74) is 0.498. The van der Waals surface area contributed by atoms with Crippen molar-refractivity contribution >= 4 is 40.2 Å². The van der Waals surface area contributed by atoms with Crippen molar-refractivity contribution in [1.29, 1.82) is 0 Å². The van der Waals surface area contributed by atoms with Gasteiger partial charge in [-0.2, -0.15) is 5.10 Å². The predicted octanol–water partition coefficient (Wildman–Crippen LogP) is 1.53. The molecule has 0 saturated carbocycles. The number of aliphatic carboxylic acids is 1. The number of nitrogens with one attached hydrogen (secondary N) is 1. The highest BCUT2D eigenvalue weighted by Crippen LogP contribution is 2.21. The number of carboxylic acid groups (broad SMARTS) is 1. The fourth-order valence-corrected chi connectivity index (χ4v) is 2.03. The zero-order valence-corrected chi connectivity index (χ0v) is 12.2. The summed E-state index contributed by atoms with van der Waals surface area (Å²) in [5.74, 6) is -1.64. The van der Waals surface area contributed by atoms with E-state index in [0.717, 1.165) is 3.57 Å². The maximum atomic E-state index is 12.0. The molecule has 1 heterocycles. The second kappa shape index (κ2) is 5.90. The molecule has 2 aromatic rings. The van der Waals surface area contributed by atoms with Gasteiger partial charge in [-0.15, -0.1) is 0 Å². The lowest BCUT2D eigenvalue weighted by Crippen LogP contribution is -2.12. The first-order valence-electron chi connectivity index (χ1n) is 5.50. The van der Waals surface area contributed by atoms with Gasteiger partial charge >= 0.3 is 5.97 Å². The molecule has 0 atom stereocenters. The van der Waals surface area contributed by atoms with Crippen molar-refractivity contribution < 1.29 is 19.8 Å². The maximum absolute atomic E-state index is 12.0. The number of carbonyl (C=O) groups is 2. The van der Waals surface area contributed by atoms with E-state index in [1.807, 2.05) is 22.6 Å². The van der Waals surface area contributed by atoms with Gasteiger partial charge in [0.2, 0.25) is 0 Å². The number of phenolic OH excluding ortho intramolecular Hbond substituents is 1. The highest BCUT2D eigenvalue weighted by molar-refractivity contribution is 14.1. The van der Waals surface area contributed by atoms with E-state index in [4.69, 9.17) is 5.11 Å². The largest absolute Gasteiger partial charge is 0.507 e. The standard InChI is InChI=1S/C12H10IN3O4/c13-7-1-2-10(17)9(3-7)12(20)15-8-4-14-16(5-8)6-11(18)19/h1-5,17H,6H2,(H,15,20)(H,18,19). The number of aromatic hydroxyl groups is 1. The molecule has 0 unspecified atom stereocenters. The minimum Gasteiger partial charge on any atom is -0.507 e. The van der Waals surface area contributed by atoms with E-state index in [2.05, 4.69) is 10.4 Å². The molecule has 1 amide bonds. The fourth-order valence-electron chi connectivity index (χ4n) is 1.54. The first kappa shape index (κ1) is 14.3. The first-order valence-corrected chi connectivity index (χ1v) is 6.57. The first-order chi connectivity index (χ1) is 9.45. The zero-order chi connectivity index (χ0) is 14.7. The second-order valence-corrected chi connectivity index (χ2v) is 5.18. The Kier molecular flexibility index (Phi) is 4.23. The molecule has 0 fully saturated rings. The summed E-state index contributed by atoms with van der Waals surface area (Å²) in [4.78, 5) is 22.5. The van der Waals surface area contributed by atoms with Crippen LogP contribution in [0, 0.1) is 3.57 Å². The third-order valence-corrected chi connectivity index (χ3v) is 3.06. The Bertz CT molecular complexity index is 668. The Morgan fingerprint density at radius 2 is 2.15 bits per heavy atom. The van der Waals surface area contributed by atoms with Crippen molar-refractivity contribution in [1.82, 2.24) is 9.78 Å². The van der Waals surface area contributed by atoms with Crippen molar-refractivity contribution in [2.75, 3.05) is 5.32 Å². The average Bonchev–Trinajstić information content (AvgIpc) is 2.78. The van der Waals surface area contributed by atoms with Crippen molar-refractivity contribution in [2.45, 2.75) is 6.54 Å². The van der Waals surface area contributed by atoms with E-state index in [-0.39, 0.29) is 17.9 Å². The van der Waals surface area contributed by atoms with E-state index in [1.54, 1.807) is 12.1 Å². The van der Waals surface area contributed by atoms with Gasteiger partial charge in [-0.25, -0.2) is 0 Å². The van der Waals surface area contributed by atoms with Crippen LogP contribution in [0.4, 0.5) is 5.69 Å². The minimum atomic E-state index is -1.03. The number of nitrogens with zero attached hydrogens (tertiary/aromatic N) is 2. The lowest BCUT2D eigenvalue weighted by molar-refractivity contribution is -0.137. The van der Waals surface area contributed by atoms with Gasteiger partial charge in [-0.3, -0.25) is 14.3 Å². The molecule has 0 aliphatic heterocycles. The SMILES string of the molecule is O=C(O)Cn1cc(NC(=O)c2cc(I)ccc2O)cn1. The summed E-state index contributed by atoms with van der Waals surface area (Å²) < 4.78 is 2.00. The number of anilines is 1. The normalized spacial score (nSPS) is 10.2. The second-order valence-electron chi connectivity index (χ2n) is 3.94. The number of hydrogen-bond acceptors (Lipinski definition) is 4. The molecule has 8 heteroatoms. The topological polar surface area (TPSA) is 104 Å². The van der Waals surface area contributed by atoms with Crippen LogP contribution in [-0.2, 0) is 11.3 Å². The lowest BCUT2D eigenvalue weighted by Gasteiger charge is -2.05. The smallest absolute Gasteiger partial charge is 0.325 e. The van der Waals surface area contributed by atoms with Crippen LogP contribution in [0.25, 0.3) is 0 Å². The number of phenols is 1. The lowest BCUT2D eigenvalue weighted by atomic mass is 10.2. The van der Waals surface area contributed by atoms with Gasteiger partial charge in [0, 0.05) is 9.77 Å². The number of amides is 1. The van der Waals surface area contributed by atoms with Gasteiger partial charge in [-0.1, -0.05) is 0 Å². The van der Waals surface area contributed by atoms with Crippen molar-refractivity contribution in [2.24, 2.45) is 0 Å².